The lowest BCUT2D eigenvalue weighted by Gasteiger charge is -2.15. The Morgan fingerprint density at radius 1 is 1.11 bits per heavy atom. The van der Waals surface area contributed by atoms with Crippen molar-refractivity contribution in [1.29, 1.82) is 0 Å². The summed E-state index contributed by atoms with van der Waals surface area (Å²) in [6, 6.07) is 18.0. The maximum absolute atomic E-state index is 13.3. The van der Waals surface area contributed by atoms with E-state index in [9.17, 15) is 14.0 Å². The Kier molecular flexibility index (Phi) is 8.25. The molecule has 6 nitrogen and oxygen atoms in total. The Bertz CT molecular complexity index is 1350. The Morgan fingerprint density at radius 3 is 2.61 bits per heavy atom. The second-order valence-electron chi connectivity index (χ2n) is 7.48. The predicted octanol–water partition coefficient (Wildman–Crippen LogP) is 6.30. The zero-order valence-corrected chi connectivity index (χ0v) is 21.4. The Labute approximate surface area is 222 Å². The molecule has 4 rings (SSSR count). The van der Waals surface area contributed by atoms with Crippen LogP contribution in [0.25, 0.3) is 6.08 Å². The van der Waals surface area contributed by atoms with Crippen LogP contribution in [0, 0.1) is 5.82 Å². The third-order valence-electron chi connectivity index (χ3n) is 4.93. The molecule has 1 aliphatic rings. The van der Waals surface area contributed by atoms with E-state index in [0.29, 0.717) is 44.3 Å². The molecule has 1 aliphatic heterocycles. The number of carbonyl (C=O) groups excluding carboxylic acids is 2. The number of thioether (sulfide) groups is 1. The summed E-state index contributed by atoms with van der Waals surface area (Å²) in [5.41, 5.74) is 1.73. The summed E-state index contributed by atoms with van der Waals surface area (Å²) in [5, 5.41) is 2.50. The van der Waals surface area contributed by atoms with Crippen LogP contribution < -0.4 is 19.7 Å². The van der Waals surface area contributed by atoms with Gasteiger partial charge in [0, 0.05) is 5.69 Å². The number of benzene rings is 3. The maximum atomic E-state index is 13.3. The number of halogens is 2. The van der Waals surface area contributed by atoms with Crippen molar-refractivity contribution in [2.75, 3.05) is 23.4 Å². The lowest BCUT2D eigenvalue weighted by Crippen LogP contribution is -2.27. The first kappa shape index (κ1) is 25.7. The van der Waals surface area contributed by atoms with E-state index in [1.807, 2.05) is 13.0 Å². The van der Waals surface area contributed by atoms with E-state index in [1.54, 1.807) is 48.5 Å². The molecule has 3 aromatic carbocycles. The molecule has 0 spiro atoms. The van der Waals surface area contributed by atoms with Crippen LogP contribution in [0.4, 0.5) is 15.8 Å². The van der Waals surface area contributed by atoms with E-state index < -0.39 is 11.7 Å². The first-order valence-electron chi connectivity index (χ1n) is 10.8. The highest BCUT2D eigenvalue weighted by Gasteiger charge is 2.33. The third kappa shape index (κ3) is 6.23. The number of hydrogen-bond donors (Lipinski definition) is 1. The molecule has 0 saturated carbocycles. The van der Waals surface area contributed by atoms with Crippen molar-refractivity contribution in [2.45, 2.75) is 6.92 Å². The molecule has 10 heteroatoms. The molecule has 0 bridgehead atoms. The molecule has 1 heterocycles. The van der Waals surface area contributed by atoms with Crippen molar-refractivity contribution in [3.05, 3.63) is 88.0 Å². The van der Waals surface area contributed by atoms with Crippen LogP contribution in [0.15, 0.2) is 71.6 Å². The maximum Gasteiger partial charge on any atom is 0.270 e. The number of rotatable bonds is 8. The lowest BCUT2D eigenvalue weighted by molar-refractivity contribution is -0.118. The number of thiocarbonyl (C=S) groups is 1. The monoisotopic (exact) mass is 542 g/mol. The number of amides is 2. The average Bonchev–Trinajstić information content (AvgIpc) is 3.13. The summed E-state index contributed by atoms with van der Waals surface area (Å²) in [6.45, 7) is 2.19. The van der Waals surface area contributed by atoms with Crippen molar-refractivity contribution in [1.82, 2.24) is 0 Å². The van der Waals surface area contributed by atoms with Gasteiger partial charge >= 0.3 is 0 Å². The molecule has 184 valence electrons. The van der Waals surface area contributed by atoms with Gasteiger partial charge in [-0.1, -0.05) is 47.7 Å². The van der Waals surface area contributed by atoms with E-state index in [1.165, 1.54) is 34.9 Å². The minimum atomic E-state index is -0.570. The second-order valence-corrected chi connectivity index (χ2v) is 9.57. The SMILES string of the molecule is CCOc1ccc(N2C(=O)/C(=C/c3cccc(OCC(=O)Nc4ccc(F)c(Cl)c4)c3)SC2=S)cc1. The molecule has 0 aromatic heterocycles. The van der Waals surface area contributed by atoms with Crippen LogP contribution >= 0.6 is 35.6 Å². The van der Waals surface area contributed by atoms with Gasteiger partial charge in [-0.25, -0.2) is 4.39 Å². The van der Waals surface area contributed by atoms with Crippen molar-refractivity contribution >= 4 is 69.2 Å². The first-order chi connectivity index (χ1) is 17.3. The van der Waals surface area contributed by atoms with Crippen molar-refractivity contribution in [3.8, 4) is 11.5 Å². The van der Waals surface area contributed by atoms with Gasteiger partial charge in [0.15, 0.2) is 10.9 Å². The summed E-state index contributed by atoms with van der Waals surface area (Å²) in [6.07, 6.45) is 1.72. The summed E-state index contributed by atoms with van der Waals surface area (Å²) in [4.78, 5) is 27.2. The van der Waals surface area contributed by atoms with Gasteiger partial charge in [0.1, 0.15) is 17.3 Å². The van der Waals surface area contributed by atoms with Crippen molar-refractivity contribution in [3.63, 3.8) is 0 Å². The van der Waals surface area contributed by atoms with Gasteiger partial charge in [-0.05, 0) is 73.2 Å². The molecule has 3 aromatic rings. The molecule has 0 radical (unpaired) electrons. The first-order valence-corrected chi connectivity index (χ1v) is 12.4. The van der Waals surface area contributed by atoms with Crippen molar-refractivity contribution in [2.24, 2.45) is 0 Å². The summed E-state index contributed by atoms with van der Waals surface area (Å²) in [5.74, 6) is -0.0662. The van der Waals surface area contributed by atoms with Crippen LogP contribution in [0.2, 0.25) is 5.02 Å². The van der Waals surface area contributed by atoms with Crippen LogP contribution in [0.1, 0.15) is 12.5 Å². The molecule has 0 aliphatic carbocycles. The van der Waals surface area contributed by atoms with Crippen LogP contribution in [-0.4, -0.2) is 29.3 Å². The standard InChI is InChI=1S/C26H20ClFN2O4S2/c1-2-33-19-9-7-18(8-10-19)30-25(32)23(36-26(30)35)13-16-4-3-5-20(12-16)34-15-24(31)29-17-6-11-22(28)21(27)14-17/h3-14H,2,15H2,1H3,(H,29,31)/b23-13-. The number of hydrogen-bond acceptors (Lipinski definition) is 6. The molecule has 0 atom stereocenters. The number of ether oxygens (including phenoxy) is 2. The highest BCUT2D eigenvalue weighted by molar-refractivity contribution is 8.27. The zero-order chi connectivity index (χ0) is 25.7. The minimum Gasteiger partial charge on any atom is -0.494 e. The average molecular weight is 543 g/mol. The zero-order valence-electron chi connectivity index (χ0n) is 19.0. The summed E-state index contributed by atoms with van der Waals surface area (Å²) in [7, 11) is 0. The van der Waals surface area contributed by atoms with Gasteiger partial charge in [-0.15, -0.1) is 0 Å². The fourth-order valence-electron chi connectivity index (χ4n) is 3.31. The minimum absolute atomic E-state index is 0.0886. The molecular weight excluding hydrogens is 523 g/mol. The molecule has 2 amide bonds. The normalized spacial score (nSPS) is 14.3. The summed E-state index contributed by atoms with van der Waals surface area (Å²) < 4.78 is 24.7. The van der Waals surface area contributed by atoms with Crippen LogP contribution in [0.3, 0.4) is 0 Å². The quantitative estimate of drug-likeness (QED) is 0.266. The highest BCUT2D eigenvalue weighted by Crippen LogP contribution is 2.36. The van der Waals surface area contributed by atoms with Gasteiger partial charge in [0.25, 0.3) is 11.8 Å². The fraction of sp³-hybridized carbons (Fsp3) is 0.115. The van der Waals surface area contributed by atoms with E-state index >= 15 is 0 Å². The van der Waals surface area contributed by atoms with E-state index in [0.717, 1.165) is 0 Å². The Morgan fingerprint density at radius 2 is 1.89 bits per heavy atom. The van der Waals surface area contributed by atoms with Gasteiger partial charge in [0.05, 0.1) is 22.2 Å². The van der Waals surface area contributed by atoms with E-state index in [4.69, 9.17) is 33.3 Å². The molecule has 1 N–H and O–H groups in total. The number of carbonyl (C=O) groups is 2. The van der Waals surface area contributed by atoms with E-state index in [2.05, 4.69) is 5.32 Å². The highest BCUT2D eigenvalue weighted by atomic mass is 35.5. The smallest absolute Gasteiger partial charge is 0.270 e. The molecule has 1 saturated heterocycles. The topological polar surface area (TPSA) is 67.9 Å². The second kappa shape index (κ2) is 11.6. The molecule has 0 unspecified atom stereocenters. The summed E-state index contributed by atoms with van der Waals surface area (Å²) >= 11 is 12.4. The van der Waals surface area contributed by atoms with Gasteiger partial charge in [0.2, 0.25) is 0 Å². The fourth-order valence-corrected chi connectivity index (χ4v) is 4.79. The van der Waals surface area contributed by atoms with Crippen LogP contribution in [0.5, 0.6) is 11.5 Å². The van der Waals surface area contributed by atoms with Gasteiger partial charge in [-0.3, -0.25) is 14.5 Å². The van der Waals surface area contributed by atoms with Crippen LogP contribution in [-0.2, 0) is 9.59 Å². The van der Waals surface area contributed by atoms with Gasteiger partial charge < -0.3 is 14.8 Å². The van der Waals surface area contributed by atoms with E-state index in [-0.39, 0.29) is 17.5 Å². The molecule has 36 heavy (non-hydrogen) atoms. The Balaban J connectivity index is 1.40. The lowest BCUT2D eigenvalue weighted by atomic mass is 10.2. The molecule has 1 fully saturated rings. The largest absolute Gasteiger partial charge is 0.494 e. The number of nitrogens with one attached hydrogen (secondary N) is 1. The predicted molar refractivity (Wildman–Crippen MR) is 145 cm³/mol. The third-order valence-corrected chi connectivity index (χ3v) is 6.52. The number of nitrogens with zero attached hydrogens (tertiary/aromatic N) is 1. The molecular formula is C26H20ClFN2O4S2. The Hall–Kier alpha value is -3.40. The number of anilines is 2. The van der Waals surface area contributed by atoms with Gasteiger partial charge in [-0.2, -0.15) is 0 Å². The van der Waals surface area contributed by atoms with Crippen molar-refractivity contribution < 1.29 is 23.5 Å².